The van der Waals surface area contributed by atoms with E-state index in [2.05, 4.69) is 9.47 Å². The summed E-state index contributed by atoms with van der Waals surface area (Å²) in [6.07, 6.45) is 4.82. The molecule has 0 radical (unpaired) electrons. The van der Waals surface area contributed by atoms with Crippen LogP contribution in [0.4, 0.5) is 13.2 Å². The number of rotatable bonds is 3. The van der Waals surface area contributed by atoms with Crippen molar-refractivity contribution in [2.45, 2.75) is 0 Å². The van der Waals surface area contributed by atoms with Gasteiger partial charge in [0.25, 0.3) is 0 Å². The van der Waals surface area contributed by atoms with E-state index in [1.54, 1.807) is 0 Å². The minimum absolute atomic E-state index is 0.381. The van der Waals surface area contributed by atoms with E-state index in [0.717, 1.165) is 7.11 Å². The summed E-state index contributed by atoms with van der Waals surface area (Å²) >= 11 is 0. The molecule has 0 unspecified atom stereocenters. The molecule has 1 rings (SSSR count). The van der Waals surface area contributed by atoms with Crippen molar-refractivity contribution in [3.05, 3.63) is 29.1 Å². The first-order chi connectivity index (χ1) is 8.02. The quantitative estimate of drug-likeness (QED) is 0.463. The fourth-order valence-corrected chi connectivity index (χ4v) is 1.09. The smallest absolute Gasteiger partial charge is 0.342 e. The molecule has 0 aliphatic heterocycles. The second-order valence-corrected chi connectivity index (χ2v) is 2.85. The molecule has 0 fully saturated rings. The number of halogens is 3. The molecule has 1 aromatic rings. The minimum atomic E-state index is -1.52. The van der Waals surface area contributed by atoms with Crippen LogP contribution in [0.2, 0.25) is 0 Å². The van der Waals surface area contributed by atoms with Gasteiger partial charge in [0, 0.05) is 0 Å². The van der Waals surface area contributed by atoms with Crippen molar-refractivity contribution in [1.29, 1.82) is 0 Å². The Labute approximate surface area is 95.1 Å². The van der Waals surface area contributed by atoms with Crippen molar-refractivity contribution in [3.8, 4) is 18.1 Å². The average Bonchev–Trinajstić information content (AvgIpc) is 2.31. The van der Waals surface area contributed by atoms with Gasteiger partial charge in [-0.25, -0.2) is 13.6 Å². The molecular formula is C11H7F3O3. The molecule has 0 aliphatic rings. The summed E-state index contributed by atoms with van der Waals surface area (Å²) in [5, 5.41) is 0. The topological polar surface area (TPSA) is 35.5 Å². The highest BCUT2D eigenvalue weighted by molar-refractivity contribution is 5.90. The third-order valence-corrected chi connectivity index (χ3v) is 1.83. The maximum Gasteiger partial charge on any atom is 0.342 e. The van der Waals surface area contributed by atoms with Crippen molar-refractivity contribution < 1.29 is 27.4 Å². The summed E-state index contributed by atoms with van der Waals surface area (Å²) in [5.74, 6) is -4.48. The van der Waals surface area contributed by atoms with Gasteiger partial charge in [0.15, 0.2) is 24.0 Å². The molecule has 0 saturated carbocycles. The number of carbonyl (C=O) groups excluding carboxylic acids is 1. The van der Waals surface area contributed by atoms with Gasteiger partial charge in [-0.3, -0.25) is 0 Å². The van der Waals surface area contributed by atoms with Crippen LogP contribution in [0.25, 0.3) is 0 Å². The van der Waals surface area contributed by atoms with E-state index in [9.17, 15) is 18.0 Å². The third kappa shape index (κ3) is 2.50. The maximum atomic E-state index is 13.5. The summed E-state index contributed by atoms with van der Waals surface area (Å²) in [6, 6.07) is 0.381. The molecule has 0 saturated heterocycles. The number of methoxy groups -OCH3 is 1. The highest BCUT2D eigenvalue weighted by atomic mass is 19.2. The van der Waals surface area contributed by atoms with Crippen LogP contribution in [0.1, 0.15) is 10.4 Å². The highest BCUT2D eigenvalue weighted by Gasteiger charge is 2.24. The van der Waals surface area contributed by atoms with Gasteiger partial charge in [0.05, 0.1) is 7.11 Å². The Morgan fingerprint density at radius 2 is 2.06 bits per heavy atom. The lowest BCUT2D eigenvalue weighted by molar-refractivity contribution is 0.0549. The number of hydrogen-bond acceptors (Lipinski definition) is 3. The Hall–Kier alpha value is -2.16. The number of terminal acetylenes is 1. The van der Waals surface area contributed by atoms with Gasteiger partial charge in [-0.2, -0.15) is 4.39 Å². The average molecular weight is 244 g/mol. The Bertz CT molecular complexity index is 492. The zero-order chi connectivity index (χ0) is 13.0. The SMILES string of the molecule is C#CCOC(=O)c1cc(F)c(F)c(OC)c1F. The highest BCUT2D eigenvalue weighted by Crippen LogP contribution is 2.27. The second-order valence-electron chi connectivity index (χ2n) is 2.85. The molecule has 0 N–H and O–H groups in total. The molecule has 3 nitrogen and oxygen atoms in total. The first-order valence-electron chi connectivity index (χ1n) is 4.35. The summed E-state index contributed by atoms with van der Waals surface area (Å²) in [4.78, 5) is 11.3. The lowest BCUT2D eigenvalue weighted by Gasteiger charge is -2.08. The van der Waals surface area contributed by atoms with Crippen LogP contribution in [0.15, 0.2) is 6.07 Å². The molecule has 1 aromatic carbocycles. The number of esters is 1. The number of ether oxygens (including phenoxy) is 2. The van der Waals surface area contributed by atoms with Crippen molar-refractivity contribution in [2.24, 2.45) is 0 Å². The first kappa shape index (κ1) is 12.9. The van der Waals surface area contributed by atoms with Gasteiger partial charge in [-0.15, -0.1) is 6.42 Å². The lowest BCUT2D eigenvalue weighted by Crippen LogP contribution is -2.11. The van der Waals surface area contributed by atoms with E-state index in [1.165, 1.54) is 0 Å². The Morgan fingerprint density at radius 1 is 1.41 bits per heavy atom. The Kier molecular flexibility index (Phi) is 3.99. The van der Waals surface area contributed by atoms with Crippen molar-refractivity contribution in [1.82, 2.24) is 0 Å². The molecule has 0 bridgehead atoms. The van der Waals surface area contributed by atoms with Gasteiger partial charge in [-0.05, 0) is 6.07 Å². The molecule has 0 aliphatic carbocycles. The summed E-state index contributed by atoms with van der Waals surface area (Å²) in [7, 11) is 0.942. The Morgan fingerprint density at radius 3 is 2.59 bits per heavy atom. The molecule has 0 atom stereocenters. The molecule has 0 spiro atoms. The van der Waals surface area contributed by atoms with E-state index < -0.39 is 41.3 Å². The van der Waals surface area contributed by atoms with Crippen LogP contribution in [-0.2, 0) is 4.74 Å². The van der Waals surface area contributed by atoms with Crippen LogP contribution in [-0.4, -0.2) is 19.7 Å². The molecule has 0 aromatic heterocycles. The van der Waals surface area contributed by atoms with Gasteiger partial charge >= 0.3 is 5.97 Å². The van der Waals surface area contributed by atoms with Gasteiger partial charge in [-0.1, -0.05) is 5.92 Å². The number of benzene rings is 1. The van der Waals surface area contributed by atoms with E-state index in [4.69, 9.17) is 6.42 Å². The third-order valence-electron chi connectivity index (χ3n) is 1.83. The molecule has 17 heavy (non-hydrogen) atoms. The van der Waals surface area contributed by atoms with E-state index in [1.807, 2.05) is 5.92 Å². The van der Waals surface area contributed by atoms with Crippen molar-refractivity contribution >= 4 is 5.97 Å². The normalized spacial score (nSPS) is 9.59. The molecule has 0 amide bonds. The largest absolute Gasteiger partial charge is 0.491 e. The molecule has 90 valence electrons. The molecular weight excluding hydrogens is 237 g/mol. The van der Waals surface area contributed by atoms with Crippen LogP contribution in [0.5, 0.6) is 5.75 Å². The van der Waals surface area contributed by atoms with E-state index in [0.29, 0.717) is 6.07 Å². The van der Waals surface area contributed by atoms with Crippen LogP contribution in [0, 0.1) is 29.8 Å². The predicted octanol–water partition coefficient (Wildman–Crippen LogP) is 1.90. The van der Waals surface area contributed by atoms with Crippen LogP contribution < -0.4 is 4.74 Å². The minimum Gasteiger partial charge on any atom is -0.491 e. The lowest BCUT2D eigenvalue weighted by atomic mass is 10.2. The molecule has 0 heterocycles. The van der Waals surface area contributed by atoms with Crippen LogP contribution in [0.3, 0.4) is 0 Å². The Balaban J connectivity index is 3.22. The standard InChI is InChI=1S/C11H7F3O3/c1-3-4-17-11(15)6-5-7(12)9(14)10(16-2)8(6)13/h1,5H,4H2,2H3. The van der Waals surface area contributed by atoms with Gasteiger partial charge < -0.3 is 9.47 Å². The fourth-order valence-electron chi connectivity index (χ4n) is 1.09. The number of hydrogen-bond donors (Lipinski definition) is 0. The second kappa shape index (κ2) is 5.25. The van der Waals surface area contributed by atoms with E-state index >= 15 is 0 Å². The van der Waals surface area contributed by atoms with Crippen LogP contribution >= 0.6 is 0 Å². The van der Waals surface area contributed by atoms with E-state index in [-0.39, 0.29) is 0 Å². The maximum absolute atomic E-state index is 13.5. The van der Waals surface area contributed by atoms with Crippen molar-refractivity contribution in [3.63, 3.8) is 0 Å². The monoisotopic (exact) mass is 244 g/mol. The first-order valence-corrected chi connectivity index (χ1v) is 4.35. The van der Waals surface area contributed by atoms with Gasteiger partial charge in [0.1, 0.15) is 5.56 Å². The predicted molar refractivity (Wildman–Crippen MR) is 52.0 cm³/mol. The zero-order valence-corrected chi connectivity index (χ0v) is 8.72. The summed E-state index contributed by atoms with van der Waals surface area (Å²) in [5.41, 5.74) is -0.781. The summed E-state index contributed by atoms with van der Waals surface area (Å²) < 4.78 is 48.3. The number of carbonyl (C=O) groups is 1. The fraction of sp³-hybridized carbons (Fsp3) is 0.182. The zero-order valence-electron chi connectivity index (χ0n) is 8.72. The van der Waals surface area contributed by atoms with Gasteiger partial charge in [0.2, 0.25) is 5.82 Å². The van der Waals surface area contributed by atoms with Crippen molar-refractivity contribution in [2.75, 3.05) is 13.7 Å². The molecule has 6 heteroatoms. The summed E-state index contributed by atoms with van der Waals surface area (Å²) in [6.45, 7) is -0.403.